The van der Waals surface area contributed by atoms with Gasteiger partial charge in [-0.2, -0.15) is 0 Å². The SMILES string of the molecule is CC(C)COc1cncc(-c2cc(F)c(N3CCC(CC(=O)O)CC3)c(F)c2)n1. The van der Waals surface area contributed by atoms with E-state index >= 15 is 0 Å². The average molecular weight is 405 g/mol. The Morgan fingerprint density at radius 2 is 1.90 bits per heavy atom. The molecule has 0 aliphatic carbocycles. The van der Waals surface area contributed by atoms with E-state index in [1.807, 2.05) is 13.8 Å². The molecule has 1 aromatic carbocycles. The number of carboxylic acids is 1. The van der Waals surface area contributed by atoms with Gasteiger partial charge in [0.15, 0.2) is 0 Å². The Balaban J connectivity index is 1.76. The molecule has 1 aromatic heterocycles. The van der Waals surface area contributed by atoms with E-state index in [-0.39, 0.29) is 23.6 Å². The molecule has 0 unspecified atom stereocenters. The van der Waals surface area contributed by atoms with Gasteiger partial charge < -0.3 is 14.7 Å². The van der Waals surface area contributed by atoms with Crippen LogP contribution in [0.5, 0.6) is 5.88 Å². The summed E-state index contributed by atoms with van der Waals surface area (Å²) in [5.41, 5.74) is 0.533. The van der Waals surface area contributed by atoms with Crippen molar-refractivity contribution in [3.63, 3.8) is 0 Å². The van der Waals surface area contributed by atoms with Crippen LogP contribution in [0.2, 0.25) is 0 Å². The van der Waals surface area contributed by atoms with Crippen LogP contribution in [-0.4, -0.2) is 40.7 Å². The lowest BCUT2D eigenvalue weighted by Crippen LogP contribution is -2.35. The number of benzene rings is 1. The number of halogens is 2. The highest BCUT2D eigenvalue weighted by Gasteiger charge is 2.25. The number of hydrogen-bond acceptors (Lipinski definition) is 5. The molecule has 2 aromatic rings. The smallest absolute Gasteiger partial charge is 0.303 e. The number of ether oxygens (including phenoxy) is 1. The zero-order valence-corrected chi connectivity index (χ0v) is 16.6. The van der Waals surface area contributed by atoms with E-state index in [2.05, 4.69) is 9.97 Å². The Hall–Kier alpha value is -2.77. The van der Waals surface area contributed by atoms with Crippen LogP contribution in [-0.2, 0) is 4.79 Å². The summed E-state index contributed by atoms with van der Waals surface area (Å²) in [4.78, 5) is 20.8. The first kappa shape index (κ1) is 21.0. The number of carboxylic acid groups (broad SMARTS) is 1. The monoisotopic (exact) mass is 405 g/mol. The molecular formula is C21H25F2N3O3. The Morgan fingerprint density at radius 1 is 1.24 bits per heavy atom. The minimum Gasteiger partial charge on any atom is -0.481 e. The summed E-state index contributed by atoms with van der Waals surface area (Å²) in [5, 5.41) is 8.90. The van der Waals surface area contributed by atoms with Gasteiger partial charge in [-0.3, -0.25) is 9.78 Å². The quantitative estimate of drug-likeness (QED) is 0.746. The van der Waals surface area contributed by atoms with Crippen molar-refractivity contribution in [1.29, 1.82) is 0 Å². The van der Waals surface area contributed by atoms with Crippen LogP contribution in [0.1, 0.15) is 33.1 Å². The minimum absolute atomic E-state index is 0.0398. The molecule has 3 rings (SSSR count). The summed E-state index contributed by atoms with van der Waals surface area (Å²) in [6.45, 7) is 5.32. The fraction of sp³-hybridized carbons (Fsp3) is 0.476. The summed E-state index contributed by atoms with van der Waals surface area (Å²) >= 11 is 0. The van der Waals surface area contributed by atoms with Crippen molar-refractivity contribution < 1.29 is 23.4 Å². The van der Waals surface area contributed by atoms with E-state index in [4.69, 9.17) is 9.84 Å². The Morgan fingerprint density at radius 3 is 2.48 bits per heavy atom. The molecule has 6 nitrogen and oxygen atoms in total. The number of aliphatic carboxylic acids is 1. The first-order valence-electron chi connectivity index (χ1n) is 9.74. The fourth-order valence-corrected chi connectivity index (χ4v) is 3.43. The van der Waals surface area contributed by atoms with Gasteiger partial charge in [0, 0.05) is 25.1 Å². The van der Waals surface area contributed by atoms with E-state index in [1.54, 1.807) is 4.90 Å². The second-order valence-corrected chi connectivity index (χ2v) is 7.76. The second-order valence-electron chi connectivity index (χ2n) is 7.76. The fourth-order valence-electron chi connectivity index (χ4n) is 3.43. The predicted octanol–water partition coefficient (Wildman–Crippen LogP) is 4.15. The van der Waals surface area contributed by atoms with Gasteiger partial charge in [-0.05, 0) is 36.8 Å². The largest absolute Gasteiger partial charge is 0.481 e. The molecule has 1 aliphatic rings. The number of carbonyl (C=O) groups is 1. The van der Waals surface area contributed by atoms with E-state index < -0.39 is 17.6 Å². The van der Waals surface area contributed by atoms with Gasteiger partial charge in [0.1, 0.15) is 17.3 Å². The van der Waals surface area contributed by atoms with Crippen molar-refractivity contribution in [3.05, 3.63) is 36.2 Å². The lowest BCUT2D eigenvalue weighted by Gasteiger charge is -2.33. The lowest BCUT2D eigenvalue weighted by molar-refractivity contribution is -0.138. The maximum absolute atomic E-state index is 14.8. The Labute approximate surface area is 168 Å². The van der Waals surface area contributed by atoms with Gasteiger partial charge >= 0.3 is 5.97 Å². The number of nitrogens with zero attached hydrogens (tertiary/aromatic N) is 3. The van der Waals surface area contributed by atoms with Crippen LogP contribution in [0.3, 0.4) is 0 Å². The highest BCUT2D eigenvalue weighted by molar-refractivity contribution is 5.67. The summed E-state index contributed by atoms with van der Waals surface area (Å²) < 4.78 is 35.1. The van der Waals surface area contributed by atoms with Crippen molar-refractivity contribution in [2.45, 2.75) is 33.1 Å². The van der Waals surface area contributed by atoms with E-state index in [0.29, 0.717) is 50.0 Å². The Kier molecular flexibility index (Phi) is 6.61. The van der Waals surface area contributed by atoms with Gasteiger partial charge in [-0.1, -0.05) is 13.8 Å². The first-order chi connectivity index (χ1) is 13.8. The van der Waals surface area contributed by atoms with Gasteiger partial charge in [-0.25, -0.2) is 13.8 Å². The lowest BCUT2D eigenvalue weighted by atomic mass is 9.93. The van der Waals surface area contributed by atoms with Crippen molar-refractivity contribution in [2.24, 2.45) is 11.8 Å². The molecular weight excluding hydrogens is 380 g/mol. The molecule has 0 amide bonds. The van der Waals surface area contributed by atoms with Gasteiger partial charge in [-0.15, -0.1) is 0 Å². The zero-order valence-electron chi connectivity index (χ0n) is 16.6. The van der Waals surface area contributed by atoms with E-state index in [1.165, 1.54) is 24.5 Å². The Bertz CT molecular complexity index is 845. The van der Waals surface area contributed by atoms with Crippen molar-refractivity contribution in [3.8, 4) is 17.1 Å². The molecule has 2 heterocycles. The van der Waals surface area contributed by atoms with Crippen LogP contribution in [0.15, 0.2) is 24.5 Å². The number of piperidine rings is 1. The van der Waals surface area contributed by atoms with Gasteiger partial charge in [0.2, 0.25) is 5.88 Å². The van der Waals surface area contributed by atoms with Gasteiger partial charge in [0.25, 0.3) is 0 Å². The molecule has 8 heteroatoms. The normalized spacial score (nSPS) is 15.0. The molecule has 1 aliphatic heterocycles. The number of aromatic nitrogens is 2. The van der Waals surface area contributed by atoms with Gasteiger partial charge in [0.05, 0.1) is 24.7 Å². The number of rotatable bonds is 7. The maximum atomic E-state index is 14.8. The molecule has 156 valence electrons. The average Bonchev–Trinajstić information content (AvgIpc) is 2.67. The third kappa shape index (κ3) is 5.40. The third-order valence-corrected chi connectivity index (χ3v) is 4.88. The molecule has 0 atom stereocenters. The van der Waals surface area contributed by atoms with Crippen molar-refractivity contribution in [2.75, 3.05) is 24.6 Å². The maximum Gasteiger partial charge on any atom is 0.303 e. The standard InChI is InChI=1S/C21H25F2N3O3/c1-13(2)12-29-19-11-24-10-18(25-19)15-8-16(22)21(17(23)9-15)26-5-3-14(4-6-26)7-20(27)28/h8-11,13-14H,3-7,12H2,1-2H3,(H,27,28). The van der Waals surface area contributed by atoms with Crippen molar-refractivity contribution >= 4 is 11.7 Å². The predicted molar refractivity (Wildman–Crippen MR) is 105 cm³/mol. The van der Waals surface area contributed by atoms with Crippen LogP contribution < -0.4 is 9.64 Å². The van der Waals surface area contributed by atoms with Crippen molar-refractivity contribution in [1.82, 2.24) is 9.97 Å². The summed E-state index contributed by atoms with van der Waals surface area (Å²) in [6, 6.07) is 2.50. The van der Waals surface area contributed by atoms with Crippen LogP contribution in [0.25, 0.3) is 11.3 Å². The topological polar surface area (TPSA) is 75.5 Å². The molecule has 0 bridgehead atoms. The molecule has 0 saturated carbocycles. The van der Waals surface area contributed by atoms with E-state index in [0.717, 1.165) is 0 Å². The van der Waals surface area contributed by atoms with E-state index in [9.17, 15) is 13.6 Å². The second kappa shape index (κ2) is 9.15. The molecule has 0 spiro atoms. The van der Waals surface area contributed by atoms with Crippen LogP contribution in [0, 0.1) is 23.5 Å². The number of hydrogen-bond donors (Lipinski definition) is 1. The summed E-state index contributed by atoms with van der Waals surface area (Å²) in [6.07, 6.45) is 4.18. The molecule has 1 fully saturated rings. The summed E-state index contributed by atoms with van der Waals surface area (Å²) in [7, 11) is 0. The molecule has 1 saturated heterocycles. The number of anilines is 1. The molecule has 29 heavy (non-hydrogen) atoms. The van der Waals surface area contributed by atoms with Crippen LogP contribution >= 0.6 is 0 Å². The molecule has 1 N–H and O–H groups in total. The van der Waals surface area contributed by atoms with Crippen LogP contribution in [0.4, 0.5) is 14.5 Å². The third-order valence-electron chi connectivity index (χ3n) is 4.88. The minimum atomic E-state index is -0.842. The molecule has 0 radical (unpaired) electrons. The highest BCUT2D eigenvalue weighted by Crippen LogP contribution is 2.32. The first-order valence-corrected chi connectivity index (χ1v) is 9.74. The highest BCUT2D eigenvalue weighted by atomic mass is 19.1. The zero-order chi connectivity index (χ0) is 21.0. The summed E-state index contributed by atoms with van der Waals surface area (Å²) in [5.74, 6) is -1.53.